The molecule has 0 saturated carbocycles. The first-order valence-corrected chi connectivity index (χ1v) is 19.1. The zero-order valence-electron chi connectivity index (χ0n) is 28.9. The van der Waals surface area contributed by atoms with Gasteiger partial charge in [0.05, 0.1) is 38.6 Å². The van der Waals surface area contributed by atoms with Crippen LogP contribution in [0, 0.1) is 0 Å². The lowest BCUT2D eigenvalue weighted by Gasteiger charge is -2.36. The SMILES string of the molecule is CCCCOC(=O)ON1CCN(C(=O)[C@H](CP2(=O)Nc3ccccc3CO2)NC(=O)c2cc(N3CC[C@H](OC)C3)nc(-c3ccccc3)n2)CC1. The molecule has 0 bridgehead atoms. The first-order valence-electron chi connectivity index (χ1n) is 17.2. The molecule has 2 N–H and O–H groups in total. The second-order valence-corrected chi connectivity index (χ2v) is 14.8. The average Bonchev–Trinajstić information content (AvgIpc) is 3.64. The fourth-order valence-electron chi connectivity index (χ4n) is 6.11. The number of carbonyl (C=O) groups is 3. The van der Waals surface area contributed by atoms with E-state index in [2.05, 4.69) is 15.4 Å². The van der Waals surface area contributed by atoms with Crippen molar-refractivity contribution in [2.45, 2.75) is 44.9 Å². The summed E-state index contributed by atoms with van der Waals surface area (Å²) in [5, 5.41) is 7.28. The lowest BCUT2D eigenvalue weighted by atomic mass is 10.2. The molecule has 3 aliphatic rings. The smallest absolute Gasteiger partial charge is 0.433 e. The molecule has 3 aromatic rings. The summed E-state index contributed by atoms with van der Waals surface area (Å²) < 4.78 is 30.6. The van der Waals surface area contributed by atoms with Crippen LogP contribution in [0.15, 0.2) is 60.7 Å². The number of fused-ring (bicyclic) bond motifs is 1. The third-order valence-electron chi connectivity index (χ3n) is 9.01. The molecule has 6 rings (SSSR count). The number of anilines is 2. The van der Waals surface area contributed by atoms with E-state index in [0.29, 0.717) is 30.4 Å². The van der Waals surface area contributed by atoms with Crippen LogP contribution in [0.2, 0.25) is 0 Å². The minimum absolute atomic E-state index is 0.0299. The van der Waals surface area contributed by atoms with Crippen LogP contribution < -0.4 is 15.3 Å². The Labute approximate surface area is 297 Å². The molecule has 4 heterocycles. The minimum atomic E-state index is -3.66. The summed E-state index contributed by atoms with van der Waals surface area (Å²) in [5.41, 5.74) is 2.26. The van der Waals surface area contributed by atoms with Crippen LogP contribution in [-0.2, 0) is 34.8 Å². The van der Waals surface area contributed by atoms with E-state index < -0.39 is 31.5 Å². The van der Waals surface area contributed by atoms with E-state index in [-0.39, 0.29) is 57.4 Å². The molecule has 272 valence electrons. The van der Waals surface area contributed by atoms with E-state index in [0.717, 1.165) is 30.4 Å². The average molecular weight is 722 g/mol. The Kier molecular flexibility index (Phi) is 11.8. The van der Waals surface area contributed by atoms with Crippen molar-refractivity contribution in [2.24, 2.45) is 0 Å². The minimum Gasteiger partial charge on any atom is -0.433 e. The van der Waals surface area contributed by atoms with Crippen molar-refractivity contribution in [1.29, 1.82) is 0 Å². The molecule has 3 aliphatic heterocycles. The van der Waals surface area contributed by atoms with Crippen LogP contribution in [-0.4, -0.2) is 109 Å². The van der Waals surface area contributed by atoms with Crippen LogP contribution in [0.5, 0.6) is 0 Å². The van der Waals surface area contributed by atoms with Gasteiger partial charge in [-0.25, -0.2) is 14.8 Å². The van der Waals surface area contributed by atoms with Crippen molar-refractivity contribution in [1.82, 2.24) is 25.2 Å². The van der Waals surface area contributed by atoms with Gasteiger partial charge in [-0.2, -0.15) is 0 Å². The number of unbranched alkanes of at least 4 members (excludes halogenated alkanes) is 1. The molecule has 1 aromatic heterocycles. The number of nitrogens with zero attached hydrogens (tertiary/aromatic N) is 5. The molecule has 0 radical (unpaired) electrons. The van der Waals surface area contributed by atoms with Crippen molar-refractivity contribution in [3.63, 3.8) is 0 Å². The van der Waals surface area contributed by atoms with Gasteiger partial charge in [-0.3, -0.25) is 14.2 Å². The fourth-order valence-corrected chi connectivity index (χ4v) is 8.03. The maximum absolute atomic E-state index is 14.2. The molecule has 16 heteroatoms. The van der Waals surface area contributed by atoms with Gasteiger partial charge in [0.25, 0.3) is 13.4 Å². The van der Waals surface area contributed by atoms with Gasteiger partial charge in [-0.1, -0.05) is 61.9 Å². The highest BCUT2D eigenvalue weighted by atomic mass is 31.2. The molecular formula is C35H44N7O8P. The third kappa shape index (κ3) is 9.22. The Morgan fingerprint density at radius 2 is 1.80 bits per heavy atom. The Hall–Kier alpha value is -4.56. The van der Waals surface area contributed by atoms with E-state index in [1.54, 1.807) is 24.1 Å². The fraction of sp³-hybridized carbons (Fsp3) is 0.457. The van der Waals surface area contributed by atoms with Crippen molar-refractivity contribution < 1.29 is 37.8 Å². The van der Waals surface area contributed by atoms with Crippen LogP contribution in [0.25, 0.3) is 11.4 Å². The molecule has 15 nitrogen and oxygen atoms in total. The number of nitrogens with one attached hydrogen (secondary N) is 2. The second kappa shape index (κ2) is 16.6. The molecule has 51 heavy (non-hydrogen) atoms. The molecule has 2 saturated heterocycles. The first-order chi connectivity index (χ1) is 24.7. The van der Waals surface area contributed by atoms with E-state index in [4.69, 9.17) is 23.8 Å². The predicted molar refractivity (Wildman–Crippen MR) is 189 cm³/mol. The number of ether oxygens (including phenoxy) is 2. The summed E-state index contributed by atoms with van der Waals surface area (Å²) in [6, 6.07) is 17.0. The summed E-state index contributed by atoms with van der Waals surface area (Å²) in [6.07, 6.45) is 1.35. The number of carbonyl (C=O) groups excluding carboxylic acids is 3. The van der Waals surface area contributed by atoms with Crippen molar-refractivity contribution in [2.75, 3.05) is 69.1 Å². The molecule has 0 aliphatic carbocycles. The zero-order chi connectivity index (χ0) is 35.8. The van der Waals surface area contributed by atoms with Gasteiger partial charge in [-0.05, 0) is 18.9 Å². The standard InChI is InChI=1S/C35H44N7O8P/c1-3-4-20-48-35(45)50-42-18-16-40(17-19-42)34(44)30(24-51(46)39-28-13-9-8-12-26(28)23-49-51)37-33(43)29-21-31(41-15-14-27(22-41)47-2)38-32(36-29)25-10-6-5-7-11-25/h5-13,21,27,30H,3-4,14-20,22-24H2,1-2H3,(H,37,43)(H,39,46)/t27-,30-,51?/m0/s1. The number of hydrogen-bond acceptors (Lipinski definition) is 12. The van der Waals surface area contributed by atoms with Crippen LogP contribution >= 0.6 is 7.52 Å². The van der Waals surface area contributed by atoms with E-state index in [1.165, 1.54) is 5.06 Å². The number of methoxy groups -OCH3 is 1. The Bertz CT molecular complexity index is 1740. The number of rotatable bonds is 12. The maximum atomic E-state index is 14.2. The van der Waals surface area contributed by atoms with Gasteiger partial charge in [0, 0.05) is 56.2 Å². The summed E-state index contributed by atoms with van der Waals surface area (Å²) in [7, 11) is -1.99. The normalized spacial score (nSPS) is 20.9. The van der Waals surface area contributed by atoms with Crippen molar-refractivity contribution in [3.05, 3.63) is 71.9 Å². The predicted octanol–water partition coefficient (Wildman–Crippen LogP) is 4.32. The molecule has 1 unspecified atom stereocenters. The van der Waals surface area contributed by atoms with E-state index in [9.17, 15) is 18.9 Å². The van der Waals surface area contributed by atoms with Crippen LogP contribution in [0.1, 0.15) is 42.2 Å². The number of piperazine rings is 1. The van der Waals surface area contributed by atoms with Gasteiger partial charge in [0.15, 0.2) is 5.82 Å². The Morgan fingerprint density at radius 3 is 2.55 bits per heavy atom. The molecule has 2 amide bonds. The molecule has 3 atom stereocenters. The number of para-hydroxylation sites is 1. The van der Waals surface area contributed by atoms with Crippen molar-refractivity contribution >= 4 is 37.0 Å². The summed E-state index contributed by atoms with van der Waals surface area (Å²) in [6.45, 7) is 4.48. The second-order valence-electron chi connectivity index (χ2n) is 12.6. The lowest BCUT2D eigenvalue weighted by molar-refractivity contribution is -0.157. The Morgan fingerprint density at radius 1 is 1.04 bits per heavy atom. The highest BCUT2D eigenvalue weighted by Gasteiger charge is 2.39. The highest BCUT2D eigenvalue weighted by Crippen LogP contribution is 2.52. The van der Waals surface area contributed by atoms with E-state index >= 15 is 0 Å². The largest absolute Gasteiger partial charge is 0.527 e. The number of aromatic nitrogens is 2. The van der Waals surface area contributed by atoms with Crippen LogP contribution in [0.4, 0.5) is 16.3 Å². The van der Waals surface area contributed by atoms with Gasteiger partial charge in [0.1, 0.15) is 17.6 Å². The number of hydrogen-bond donors (Lipinski definition) is 2. The first kappa shape index (κ1) is 36.2. The number of hydroxylamine groups is 2. The lowest BCUT2D eigenvalue weighted by Crippen LogP contribution is -2.56. The van der Waals surface area contributed by atoms with Crippen LogP contribution in [0.3, 0.4) is 0 Å². The van der Waals surface area contributed by atoms with E-state index in [1.807, 2.05) is 60.4 Å². The molecule has 2 aromatic carbocycles. The summed E-state index contributed by atoms with van der Waals surface area (Å²) >= 11 is 0. The quantitative estimate of drug-likeness (QED) is 0.155. The van der Waals surface area contributed by atoms with Gasteiger partial charge < -0.3 is 39.0 Å². The monoisotopic (exact) mass is 721 g/mol. The molecule has 0 spiro atoms. The number of amides is 2. The van der Waals surface area contributed by atoms with Crippen molar-refractivity contribution in [3.8, 4) is 11.4 Å². The number of benzene rings is 2. The highest BCUT2D eigenvalue weighted by molar-refractivity contribution is 7.60. The van der Waals surface area contributed by atoms with Gasteiger partial charge in [0.2, 0.25) is 5.91 Å². The summed E-state index contributed by atoms with van der Waals surface area (Å²) in [5.74, 6) is -0.166. The topological polar surface area (TPSA) is 165 Å². The maximum Gasteiger partial charge on any atom is 0.527 e. The Balaban J connectivity index is 1.23. The third-order valence-corrected chi connectivity index (χ3v) is 11.0. The van der Waals surface area contributed by atoms with Gasteiger partial charge in [-0.15, -0.1) is 5.06 Å². The summed E-state index contributed by atoms with van der Waals surface area (Å²) in [4.78, 5) is 58.6. The molecule has 2 fully saturated rings. The van der Waals surface area contributed by atoms with Gasteiger partial charge >= 0.3 is 6.16 Å². The molecular weight excluding hydrogens is 677 g/mol. The zero-order valence-corrected chi connectivity index (χ0v) is 29.8.